The topological polar surface area (TPSA) is 116 Å². The number of nitrogens with zero attached hydrogens (tertiary/aromatic N) is 1. The molecule has 1 saturated heterocycles. The van der Waals surface area contributed by atoms with E-state index in [9.17, 15) is 36.3 Å². The summed E-state index contributed by atoms with van der Waals surface area (Å²) in [5.41, 5.74) is 2.09. The van der Waals surface area contributed by atoms with Crippen LogP contribution in [0.25, 0.3) is 0 Å². The van der Waals surface area contributed by atoms with Crippen LogP contribution in [0.3, 0.4) is 0 Å². The number of nitrogens with one attached hydrogen (secondary N) is 2. The summed E-state index contributed by atoms with van der Waals surface area (Å²) in [7, 11) is -4.65. The first-order valence-electron chi connectivity index (χ1n) is 13.0. The van der Waals surface area contributed by atoms with Gasteiger partial charge in [-0.15, -0.1) is 0 Å². The van der Waals surface area contributed by atoms with Gasteiger partial charge in [0.15, 0.2) is 0 Å². The van der Waals surface area contributed by atoms with E-state index >= 15 is 0 Å². The number of likely N-dealkylation sites (tertiary alicyclic amines) is 1. The van der Waals surface area contributed by atoms with E-state index in [1.54, 1.807) is 0 Å². The van der Waals surface area contributed by atoms with E-state index in [0.29, 0.717) is 18.6 Å². The van der Waals surface area contributed by atoms with Gasteiger partial charge in [-0.2, -0.15) is 17.9 Å². The summed E-state index contributed by atoms with van der Waals surface area (Å²) < 4.78 is 66.2. The summed E-state index contributed by atoms with van der Waals surface area (Å²) in [6.45, 7) is 3.03. The number of aliphatic carboxylic acids is 1. The van der Waals surface area contributed by atoms with Crippen molar-refractivity contribution < 1.29 is 36.3 Å². The second kappa shape index (κ2) is 12.1. The Labute approximate surface area is 225 Å². The van der Waals surface area contributed by atoms with Crippen LogP contribution in [0.5, 0.6) is 0 Å². The molecule has 0 bridgehead atoms. The third-order valence-corrected chi connectivity index (χ3v) is 8.64. The van der Waals surface area contributed by atoms with Crippen molar-refractivity contribution in [1.29, 1.82) is 0 Å². The number of piperidine rings is 1. The third-order valence-electron chi connectivity index (χ3n) is 7.17. The summed E-state index contributed by atoms with van der Waals surface area (Å²) >= 11 is 0. The summed E-state index contributed by atoms with van der Waals surface area (Å²) in [5.74, 6) is -2.29. The first-order chi connectivity index (χ1) is 18.4. The predicted octanol–water partition coefficient (Wildman–Crippen LogP) is 4.01. The Hall–Kier alpha value is -2.96. The van der Waals surface area contributed by atoms with Gasteiger partial charge in [0.1, 0.15) is 6.04 Å². The minimum atomic E-state index is -4.78. The molecule has 1 aliphatic carbocycles. The number of carboxylic acid groups (broad SMARTS) is 1. The van der Waals surface area contributed by atoms with Crippen molar-refractivity contribution in [3.05, 3.63) is 64.7 Å². The minimum absolute atomic E-state index is 0.347. The van der Waals surface area contributed by atoms with Crippen LogP contribution in [0.15, 0.2) is 47.4 Å². The van der Waals surface area contributed by atoms with Crippen molar-refractivity contribution >= 4 is 21.9 Å². The highest BCUT2D eigenvalue weighted by molar-refractivity contribution is 7.89. The van der Waals surface area contributed by atoms with Crippen LogP contribution in [0.1, 0.15) is 66.8 Å². The molecule has 0 spiro atoms. The van der Waals surface area contributed by atoms with Gasteiger partial charge in [0.2, 0.25) is 15.9 Å². The zero-order chi connectivity index (χ0) is 28.2. The fourth-order valence-electron chi connectivity index (χ4n) is 5.20. The summed E-state index contributed by atoms with van der Waals surface area (Å²) in [6.07, 6.45) is 0.517. The fourth-order valence-corrected chi connectivity index (χ4v) is 6.44. The summed E-state index contributed by atoms with van der Waals surface area (Å²) in [6, 6.07) is 6.95. The number of hydrogen-bond acceptors (Lipinski definition) is 5. The lowest BCUT2D eigenvalue weighted by atomic mass is 9.86. The van der Waals surface area contributed by atoms with Gasteiger partial charge in [0.05, 0.1) is 22.9 Å². The quantitative estimate of drug-likeness (QED) is 0.422. The monoisotopic (exact) mass is 567 g/mol. The number of carbonyl (C=O) groups is 2. The number of sulfonamides is 1. The van der Waals surface area contributed by atoms with Gasteiger partial charge in [-0.1, -0.05) is 30.7 Å². The summed E-state index contributed by atoms with van der Waals surface area (Å²) in [4.78, 5) is 26.3. The Morgan fingerprint density at radius 1 is 1.05 bits per heavy atom. The van der Waals surface area contributed by atoms with Crippen molar-refractivity contribution in [1.82, 2.24) is 14.9 Å². The van der Waals surface area contributed by atoms with E-state index in [2.05, 4.69) is 16.3 Å². The van der Waals surface area contributed by atoms with Gasteiger partial charge in [0, 0.05) is 6.54 Å². The fraction of sp³-hybridized carbons (Fsp3) is 0.481. The molecule has 3 N–H and O–H groups in total. The molecule has 2 atom stereocenters. The number of alkyl halides is 3. The highest BCUT2D eigenvalue weighted by Crippen LogP contribution is 2.32. The molecule has 1 amide bonds. The average molecular weight is 568 g/mol. The molecule has 8 nitrogen and oxygen atoms in total. The van der Waals surface area contributed by atoms with E-state index < -0.39 is 51.0 Å². The van der Waals surface area contributed by atoms with E-state index in [-0.39, 0.29) is 6.04 Å². The second-order valence-electron chi connectivity index (χ2n) is 10.1. The van der Waals surface area contributed by atoms with E-state index in [1.165, 1.54) is 24.8 Å². The Morgan fingerprint density at radius 2 is 1.79 bits per heavy atom. The molecule has 1 fully saturated rings. The molecule has 0 saturated carbocycles. The first-order valence-corrected chi connectivity index (χ1v) is 14.5. The van der Waals surface area contributed by atoms with Crippen molar-refractivity contribution in [3.8, 4) is 0 Å². The number of halogens is 3. The Kier molecular flexibility index (Phi) is 8.97. The van der Waals surface area contributed by atoms with Crippen LogP contribution in [0.4, 0.5) is 13.2 Å². The average Bonchev–Trinajstić information content (AvgIpc) is 2.88. The van der Waals surface area contributed by atoms with Gasteiger partial charge >= 0.3 is 12.1 Å². The molecule has 0 unspecified atom stereocenters. The van der Waals surface area contributed by atoms with Crippen molar-refractivity contribution in [2.24, 2.45) is 0 Å². The lowest BCUT2D eigenvalue weighted by molar-refractivity contribution is -0.141. The molecule has 39 heavy (non-hydrogen) atoms. The maximum atomic E-state index is 13.0. The lowest BCUT2D eigenvalue weighted by Gasteiger charge is -2.29. The molecule has 1 heterocycles. The standard InChI is InChI=1S/C27H32F3N3O5S/c28-27(29,30)20-7-5-8-21(15-20)39(37,38)32-24(26(35)36)16-25(34)31-23-9-4-6-19-14-18(10-11-22(19)23)17-33-12-2-1-3-13-33/h5,7-8,10-11,14-15,23-24,32H,1-4,6,9,12-13,16-17H2,(H,31,34)(H,35,36)/t23-,24-/m1/s1. The largest absolute Gasteiger partial charge is 0.480 e. The van der Waals surface area contributed by atoms with Crippen LogP contribution < -0.4 is 10.0 Å². The van der Waals surface area contributed by atoms with Crippen LogP contribution in [-0.2, 0) is 38.8 Å². The zero-order valence-corrected chi connectivity index (χ0v) is 22.2. The van der Waals surface area contributed by atoms with E-state index in [4.69, 9.17) is 0 Å². The Balaban J connectivity index is 1.41. The van der Waals surface area contributed by atoms with E-state index in [1.807, 2.05) is 16.9 Å². The van der Waals surface area contributed by atoms with Crippen molar-refractivity contribution in [3.63, 3.8) is 0 Å². The van der Waals surface area contributed by atoms with Crippen LogP contribution in [-0.4, -0.2) is 49.4 Å². The Bertz CT molecular complexity index is 1310. The van der Waals surface area contributed by atoms with Gasteiger partial charge in [0.25, 0.3) is 0 Å². The molecule has 0 aromatic heterocycles. The molecular formula is C27H32F3N3O5S. The van der Waals surface area contributed by atoms with E-state index in [0.717, 1.165) is 55.7 Å². The number of carbonyl (C=O) groups excluding carboxylic acids is 1. The highest BCUT2D eigenvalue weighted by atomic mass is 32.2. The van der Waals surface area contributed by atoms with Crippen LogP contribution in [0, 0.1) is 0 Å². The number of aryl methyl sites for hydroxylation is 1. The maximum absolute atomic E-state index is 13.0. The smallest absolute Gasteiger partial charge is 0.416 e. The first kappa shape index (κ1) is 29.0. The van der Waals surface area contributed by atoms with Gasteiger partial charge in [-0.25, -0.2) is 8.42 Å². The van der Waals surface area contributed by atoms with Crippen LogP contribution in [0.2, 0.25) is 0 Å². The molecule has 12 heteroatoms. The third kappa shape index (κ3) is 7.58. The second-order valence-corrected chi connectivity index (χ2v) is 11.8. The number of fused-ring (bicyclic) bond motifs is 1. The molecule has 2 aliphatic rings. The van der Waals surface area contributed by atoms with Gasteiger partial charge < -0.3 is 10.4 Å². The van der Waals surface area contributed by atoms with Crippen molar-refractivity contribution in [2.45, 2.75) is 74.6 Å². The molecule has 4 rings (SSSR count). The van der Waals surface area contributed by atoms with Gasteiger partial charge in [-0.3, -0.25) is 14.5 Å². The normalized spacial score (nSPS) is 19.2. The molecule has 1 aliphatic heterocycles. The number of rotatable bonds is 9. The van der Waals surface area contributed by atoms with Gasteiger partial charge in [-0.05, 0) is 80.1 Å². The molecule has 212 valence electrons. The molecule has 2 aromatic carbocycles. The molecular weight excluding hydrogens is 535 g/mol. The Morgan fingerprint density at radius 3 is 2.49 bits per heavy atom. The minimum Gasteiger partial charge on any atom is -0.480 e. The molecule has 0 radical (unpaired) electrons. The zero-order valence-electron chi connectivity index (χ0n) is 21.3. The lowest BCUT2D eigenvalue weighted by Crippen LogP contribution is -2.44. The van der Waals surface area contributed by atoms with Crippen molar-refractivity contribution in [2.75, 3.05) is 13.1 Å². The summed E-state index contributed by atoms with van der Waals surface area (Å²) in [5, 5.41) is 12.4. The maximum Gasteiger partial charge on any atom is 0.416 e. The number of hydrogen-bond donors (Lipinski definition) is 3. The number of carboxylic acids is 1. The highest BCUT2D eigenvalue weighted by Gasteiger charge is 2.33. The predicted molar refractivity (Wildman–Crippen MR) is 137 cm³/mol. The van der Waals surface area contributed by atoms with Crippen LogP contribution >= 0.6 is 0 Å². The SMILES string of the molecule is O=C(C[C@@H](NS(=O)(=O)c1cccc(C(F)(F)F)c1)C(=O)O)N[C@@H]1CCCc2cc(CN3CCCCC3)ccc21. The number of amides is 1. The molecule has 2 aromatic rings. The number of benzene rings is 2.